The van der Waals surface area contributed by atoms with Gasteiger partial charge in [0, 0.05) is 5.54 Å². The summed E-state index contributed by atoms with van der Waals surface area (Å²) in [5.74, 6) is 1.39. The summed E-state index contributed by atoms with van der Waals surface area (Å²) in [5.41, 5.74) is 7.22. The van der Waals surface area contributed by atoms with E-state index in [1.165, 1.54) is 18.4 Å². The lowest BCUT2D eigenvalue weighted by Crippen LogP contribution is -2.45. The maximum absolute atomic E-state index is 6.03. The molecule has 1 heterocycles. The monoisotopic (exact) mass is 446 g/mol. The van der Waals surface area contributed by atoms with Crippen molar-refractivity contribution in [3.05, 3.63) is 29.8 Å². The van der Waals surface area contributed by atoms with E-state index in [1.807, 2.05) is 12.1 Å². The first kappa shape index (κ1) is 21.0. The fourth-order valence-electron chi connectivity index (χ4n) is 2.92. The quantitative estimate of drug-likeness (QED) is 0.415. The molecular weight excluding hydrogens is 415 g/mol. The van der Waals surface area contributed by atoms with Crippen LogP contribution in [0.1, 0.15) is 45.2 Å². The van der Waals surface area contributed by atoms with E-state index in [1.54, 1.807) is 7.11 Å². The molecule has 0 saturated carbocycles. The van der Waals surface area contributed by atoms with Crippen molar-refractivity contribution in [2.24, 2.45) is 10.7 Å². The number of methoxy groups -OCH3 is 1. The summed E-state index contributed by atoms with van der Waals surface area (Å²) >= 11 is 0. The first-order valence-corrected chi connectivity index (χ1v) is 8.35. The van der Waals surface area contributed by atoms with E-state index < -0.39 is 0 Å². The fourth-order valence-corrected chi connectivity index (χ4v) is 2.92. The predicted octanol–water partition coefficient (Wildman–Crippen LogP) is 3.15. The van der Waals surface area contributed by atoms with E-state index in [-0.39, 0.29) is 35.6 Å². The number of nitrogens with zero attached hydrogens (tertiary/aromatic N) is 2. The van der Waals surface area contributed by atoms with Crippen LogP contribution < -0.4 is 15.8 Å². The summed E-state index contributed by atoms with van der Waals surface area (Å²) in [6.07, 6.45) is 2.51. The Balaban J connectivity index is 0.00000288. The fraction of sp³-hybridized carbons (Fsp3) is 0.611. The Morgan fingerprint density at radius 3 is 2.33 bits per heavy atom. The minimum atomic E-state index is -0.0726. The lowest BCUT2D eigenvalue weighted by molar-refractivity contribution is 0.251. The van der Waals surface area contributed by atoms with Gasteiger partial charge in [-0.05, 0) is 64.4 Å². The molecule has 0 aromatic heterocycles. The summed E-state index contributed by atoms with van der Waals surface area (Å²) in [7, 11) is 1.69. The molecule has 1 aliphatic rings. The molecule has 0 radical (unpaired) electrons. The lowest BCUT2D eigenvalue weighted by atomic mass is 10.1. The molecule has 0 bridgehead atoms. The molecule has 5 nitrogen and oxygen atoms in total. The van der Waals surface area contributed by atoms with Gasteiger partial charge >= 0.3 is 0 Å². The highest BCUT2D eigenvalue weighted by Gasteiger charge is 2.23. The topological polar surface area (TPSA) is 62.9 Å². The molecule has 2 rings (SSSR count). The zero-order valence-corrected chi connectivity index (χ0v) is 17.5. The van der Waals surface area contributed by atoms with Crippen LogP contribution in [0.3, 0.4) is 0 Å². The molecule has 0 aliphatic carbocycles. The first-order valence-electron chi connectivity index (χ1n) is 8.35. The Hall–Kier alpha value is -1.02. The van der Waals surface area contributed by atoms with E-state index in [0.717, 1.165) is 18.8 Å². The molecule has 1 unspecified atom stereocenters. The highest BCUT2D eigenvalue weighted by molar-refractivity contribution is 14.0. The summed E-state index contributed by atoms with van der Waals surface area (Å²) in [6, 6.07) is 8.55. The molecule has 1 aromatic rings. The van der Waals surface area contributed by atoms with Crippen molar-refractivity contribution in [2.75, 3.05) is 26.7 Å². The second-order valence-electron chi connectivity index (χ2n) is 7.13. The van der Waals surface area contributed by atoms with E-state index >= 15 is 0 Å². The van der Waals surface area contributed by atoms with Gasteiger partial charge in [-0.15, -0.1) is 24.0 Å². The minimum absolute atomic E-state index is 0. The van der Waals surface area contributed by atoms with Crippen LogP contribution in [0, 0.1) is 0 Å². The van der Waals surface area contributed by atoms with Crippen molar-refractivity contribution < 1.29 is 4.74 Å². The predicted molar refractivity (Wildman–Crippen MR) is 111 cm³/mol. The maximum atomic E-state index is 6.03. The van der Waals surface area contributed by atoms with Gasteiger partial charge < -0.3 is 15.8 Å². The molecular formula is C18H31IN4O. The zero-order valence-electron chi connectivity index (χ0n) is 15.2. The summed E-state index contributed by atoms with van der Waals surface area (Å²) in [6.45, 7) is 9.16. The number of aliphatic imine (C=N–C) groups is 1. The number of benzene rings is 1. The van der Waals surface area contributed by atoms with Gasteiger partial charge in [-0.2, -0.15) is 0 Å². The Morgan fingerprint density at radius 2 is 1.83 bits per heavy atom. The number of guanidine groups is 1. The number of nitrogens with one attached hydrogen (secondary N) is 1. The Bertz CT molecular complexity index is 519. The van der Waals surface area contributed by atoms with Crippen LogP contribution in [-0.4, -0.2) is 43.1 Å². The molecule has 6 heteroatoms. The molecule has 136 valence electrons. The van der Waals surface area contributed by atoms with Crippen LogP contribution in [0.25, 0.3) is 0 Å². The molecule has 1 aromatic carbocycles. The van der Waals surface area contributed by atoms with Crippen molar-refractivity contribution >= 4 is 29.9 Å². The number of ether oxygens (including phenoxy) is 1. The number of hydrogen-bond acceptors (Lipinski definition) is 3. The Morgan fingerprint density at radius 1 is 1.25 bits per heavy atom. The van der Waals surface area contributed by atoms with Crippen molar-refractivity contribution in [1.29, 1.82) is 0 Å². The van der Waals surface area contributed by atoms with Gasteiger partial charge in [0.15, 0.2) is 5.96 Å². The molecule has 1 fully saturated rings. The van der Waals surface area contributed by atoms with Gasteiger partial charge in [-0.1, -0.05) is 12.1 Å². The second kappa shape index (κ2) is 9.46. The normalized spacial score (nSPS) is 17.2. The van der Waals surface area contributed by atoms with Gasteiger partial charge in [0.05, 0.1) is 19.7 Å². The largest absolute Gasteiger partial charge is 0.497 e. The van der Waals surface area contributed by atoms with Gasteiger partial charge in [0.25, 0.3) is 0 Å². The third kappa shape index (κ3) is 6.47. The SMILES string of the molecule is COc1ccc(C(CN=C(N)NC(C)(C)C)N2CCCC2)cc1.I. The molecule has 1 aliphatic heterocycles. The number of halogens is 1. The number of nitrogens with two attached hydrogens (primary N) is 1. The maximum Gasteiger partial charge on any atom is 0.189 e. The van der Waals surface area contributed by atoms with Gasteiger partial charge in [0.2, 0.25) is 0 Å². The van der Waals surface area contributed by atoms with Gasteiger partial charge in [-0.3, -0.25) is 9.89 Å². The molecule has 1 saturated heterocycles. The van der Waals surface area contributed by atoms with Crippen molar-refractivity contribution in [3.63, 3.8) is 0 Å². The Labute approximate surface area is 163 Å². The van der Waals surface area contributed by atoms with Crippen LogP contribution in [0.2, 0.25) is 0 Å². The summed E-state index contributed by atoms with van der Waals surface area (Å²) in [5, 5.41) is 3.22. The number of hydrogen-bond donors (Lipinski definition) is 2. The van der Waals surface area contributed by atoms with Gasteiger partial charge in [-0.25, -0.2) is 0 Å². The molecule has 0 amide bonds. The smallest absolute Gasteiger partial charge is 0.189 e. The third-order valence-corrected chi connectivity index (χ3v) is 4.02. The average molecular weight is 446 g/mol. The minimum Gasteiger partial charge on any atom is -0.497 e. The van der Waals surface area contributed by atoms with Gasteiger partial charge in [0.1, 0.15) is 5.75 Å². The van der Waals surface area contributed by atoms with Crippen molar-refractivity contribution in [1.82, 2.24) is 10.2 Å². The van der Waals surface area contributed by atoms with Crippen molar-refractivity contribution in [2.45, 2.75) is 45.2 Å². The van der Waals surface area contributed by atoms with Crippen LogP contribution in [0.4, 0.5) is 0 Å². The van der Waals surface area contributed by atoms with E-state index in [9.17, 15) is 0 Å². The standard InChI is InChI=1S/C18H30N4O.HI/c1-18(2,3)21-17(19)20-13-16(22-11-5-6-12-22)14-7-9-15(23-4)10-8-14;/h7-10,16H,5-6,11-13H2,1-4H3,(H3,19,20,21);1H. The first-order chi connectivity index (χ1) is 10.9. The molecule has 24 heavy (non-hydrogen) atoms. The average Bonchev–Trinajstić information content (AvgIpc) is 3.00. The van der Waals surface area contributed by atoms with Crippen LogP contribution in [-0.2, 0) is 0 Å². The van der Waals surface area contributed by atoms with E-state index in [0.29, 0.717) is 12.5 Å². The van der Waals surface area contributed by atoms with E-state index in [4.69, 9.17) is 10.5 Å². The van der Waals surface area contributed by atoms with E-state index in [2.05, 4.69) is 48.1 Å². The van der Waals surface area contributed by atoms with Crippen molar-refractivity contribution in [3.8, 4) is 5.75 Å². The molecule has 0 spiro atoms. The summed E-state index contributed by atoms with van der Waals surface area (Å²) in [4.78, 5) is 7.08. The molecule has 1 atom stereocenters. The summed E-state index contributed by atoms with van der Waals surface area (Å²) < 4.78 is 5.26. The molecule has 3 N–H and O–H groups in total. The Kier molecular flexibility index (Phi) is 8.29. The highest BCUT2D eigenvalue weighted by Crippen LogP contribution is 2.27. The number of likely N-dealkylation sites (tertiary alicyclic amines) is 1. The number of rotatable bonds is 5. The van der Waals surface area contributed by atoms with Crippen LogP contribution in [0.5, 0.6) is 5.75 Å². The lowest BCUT2D eigenvalue weighted by Gasteiger charge is -2.27. The van der Waals surface area contributed by atoms with Crippen LogP contribution >= 0.6 is 24.0 Å². The highest BCUT2D eigenvalue weighted by atomic mass is 127. The second-order valence-corrected chi connectivity index (χ2v) is 7.13. The third-order valence-electron chi connectivity index (χ3n) is 4.02. The van der Waals surface area contributed by atoms with Crippen LogP contribution in [0.15, 0.2) is 29.3 Å². The zero-order chi connectivity index (χ0) is 16.9.